The van der Waals surface area contributed by atoms with Crippen molar-refractivity contribution in [3.05, 3.63) is 34.4 Å². The van der Waals surface area contributed by atoms with E-state index in [2.05, 4.69) is 10.7 Å². The number of nitro groups is 1. The minimum absolute atomic E-state index is 0.104. The van der Waals surface area contributed by atoms with E-state index in [1.807, 2.05) is 0 Å². The first-order valence-corrected chi connectivity index (χ1v) is 5.52. The second-order valence-corrected chi connectivity index (χ2v) is 4.90. The number of nitrogens with zero attached hydrogens (tertiary/aromatic N) is 1. The van der Waals surface area contributed by atoms with Gasteiger partial charge in [-0.2, -0.15) is 8.42 Å². The molecule has 7 heteroatoms. The number of nitro benzene ring substituents is 1. The second-order valence-electron chi connectivity index (χ2n) is 2.21. The zero-order valence-electron chi connectivity index (χ0n) is 6.21. The van der Waals surface area contributed by atoms with Crippen LogP contribution in [0.1, 0.15) is 0 Å². The number of hydrogen-bond acceptors (Lipinski definition) is 4. The summed E-state index contributed by atoms with van der Waals surface area (Å²) in [7, 11) is 0.478. The molecule has 0 fully saturated rings. The molecule has 0 atom stereocenters. The third-order valence-electron chi connectivity index (χ3n) is 1.34. The fraction of sp³-hybridized carbons (Fsp3) is 0. The molecule has 70 valence electrons. The average Bonchev–Trinajstić information content (AvgIpc) is 2.03. The van der Waals surface area contributed by atoms with E-state index in [4.69, 9.17) is 0 Å². The van der Waals surface area contributed by atoms with Gasteiger partial charge in [-0.15, -0.1) is 0 Å². The van der Waals surface area contributed by atoms with Crippen LogP contribution in [-0.4, -0.2) is 13.3 Å². The molecular weight excluding hydrogens is 218 g/mol. The van der Waals surface area contributed by atoms with Gasteiger partial charge in [0.2, 0.25) is 0 Å². The lowest BCUT2D eigenvalue weighted by Crippen LogP contribution is -1.95. The van der Waals surface area contributed by atoms with Crippen LogP contribution in [0.2, 0.25) is 0 Å². The molecule has 0 aliphatic rings. The van der Waals surface area contributed by atoms with Gasteiger partial charge in [-0.1, -0.05) is 0 Å². The molecule has 0 heterocycles. The molecule has 13 heavy (non-hydrogen) atoms. The van der Waals surface area contributed by atoms with Crippen LogP contribution in [0, 0.1) is 20.8 Å². The highest BCUT2D eigenvalue weighted by Gasteiger charge is 2.18. The summed E-state index contributed by atoms with van der Waals surface area (Å²) >= 11 is 0. The average molecular weight is 223 g/mol. The highest BCUT2D eigenvalue weighted by atomic mass is 35.7. The van der Waals surface area contributed by atoms with Gasteiger partial charge >= 0.3 is 9.05 Å². The fourth-order valence-corrected chi connectivity index (χ4v) is 1.54. The van der Waals surface area contributed by atoms with Gasteiger partial charge < -0.3 is 0 Å². The largest absolute Gasteiger partial charge is 0.409 e. The van der Waals surface area contributed by atoms with Crippen molar-refractivity contribution < 1.29 is 24.0 Å². The third-order valence-corrected chi connectivity index (χ3v) is 2.76. The van der Waals surface area contributed by atoms with Crippen molar-refractivity contribution in [2.75, 3.05) is 0 Å². The number of benzene rings is 1. The van der Waals surface area contributed by atoms with E-state index in [1.54, 1.807) is 0 Å². The summed E-state index contributed by atoms with van der Waals surface area (Å²) in [6, 6.07) is 4.42. The number of non-ortho nitro benzene ring substituents is 1. The smallest absolute Gasteiger partial charge is 0.258 e. The first-order chi connectivity index (χ1) is 5.91. The lowest BCUT2D eigenvalue weighted by molar-refractivity contribution is -0.384. The molecule has 0 N–H and O–H groups in total. The molecule has 0 unspecified atom stereocenters. The molecule has 1 aromatic rings. The van der Waals surface area contributed by atoms with Crippen LogP contribution in [-0.2, 0) is 9.05 Å². The van der Waals surface area contributed by atoms with Gasteiger partial charge in [-0.25, -0.2) is 0 Å². The number of rotatable bonds is 2. The first-order valence-electron chi connectivity index (χ1n) is 3.11. The Balaban J connectivity index is 3.16. The van der Waals surface area contributed by atoms with Crippen molar-refractivity contribution in [3.63, 3.8) is 0 Å². The summed E-state index contributed by atoms with van der Waals surface area (Å²) in [5, 5.41) is 10.2. The van der Waals surface area contributed by atoms with Crippen LogP contribution in [0.4, 0.5) is 5.69 Å². The van der Waals surface area contributed by atoms with Crippen molar-refractivity contribution in [3.8, 4) is 0 Å². The molecule has 0 bridgehead atoms. The van der Waals surface area contributed by atoms with Crippen LogP contribution in [0.5, 0.6) is 0 Å². The summed E-state index contributed by atoms with van der Waals surface area (Å²) < 4.78 is 21.5. The fourth-order valence-electron chi connectivity index (χ4n) is 0.735. The summed E-state index contributed by atoms with van der Waals surface area (Å²) in [4.78, 5) is 9.48. The third kappa shape index (κ3) is 2.40. The van der Waals surface area contributed by atoms with Crippen molar-refractivity contribution in [2.24, 2.45) is 0 Å². The molecule has 1 rings (SSSR count). The molecule has 1 aromatic carbocycles. The zero-order valence-corrected chi connectivity index (χ0v) is 7.84. The van der Waals surface area contributed by atoms with E-state index < -0.39 is 14.0 Å². The number of hydrogen-bond donors (Lipinski definition) is 0. The topological polar surface area (TPSA) is 77.3 Å². The Hall–Kier alpha value is -1.14. The molecule has 0 radical (unpaired) electrons. The molecule has 0 aliphatic carbocycles. The highest BCUT2D eigenvalue weighted by Crippen LogP contribution is 2.15. The normalized spacial score (nSPS) is 11.2. The van der Waals surface area contributed by atoms with Crippen molar-refractivity contribution >= 4 is 14.7 Å². The van der Waals surface area contributed by atoms with Crippen LogP contribution in [0.25, 0.3) is 0 Å². The maximum Gasteiger partial charge on any atom is 0.409 e. The quantitative estimate of drug-likeness (QED) is 0.416. The van der Waals surface area contributed by atoms with E-state index in [9.17, 15) is 18.5 Å². The van der Waals surface area contributed by atoms with Gasteiger partial charge in [-0.05, 0) is 12.1 Å². The lowest BCUT2D eigenvalue weighted by Gasteiger charge is -1.90. The maximum absolute atomic E-state index is 10.8. The molecule has 0 aliphatic heterocycles. The molecule has 0 aromatic heterocycles. The SMILES string of the molecule is O=[N+]([O-])c1ccc(S(=O)(=O)[ClH+])cc1. The Labute approximate surface area is 78.5 Å². The van der Waals surface area contributed by atoms with Gasteiger partial charge in [0, 0.05) is 12.1 Å². The molecule has 0 saturated carbocycles. The first kappa shape index (κ1) is 9.94. The summed E-state index contributed by atoms with van der Waals surface area (Å²) in [5.74, 6) is 0. The van der Waals surface area contributed by atoms with Gasteiger partial charge in [0.1, 0.15) is 4.90 Å². The second kappa shape index (κ2) is 3.31. The predicted octanol–water partition coefficient (Wildman–Crippen LogP) is 0.565. The van der Waals surface area contributed by atoms with E-state index in [1.165, 1.54) is 0 Å². The summed E-state index contributed by atoms with van der Waals surface area (Å²) in [5.41, 5.74) is -0.164. The van der Waals surface area contributed by atoms with E-state index in [0.29, 0.717) is 0 Å². The van der Waals surface area contributed by atoms with Crippen molar-refractivity contribution in [1.29, 1.82) is 0 Å². The van der Waals surface area contributed by atoms with Gasteiger partial charge in [0.05, 0.1) is 4.92 Å². The van der Waals surface area contributed by atoms with Crippen molar-refractivity contribution in [2.45, 2.75) is 4.90 Å². The number of halogens is 1. The van der Waals surface area contributed by atoms with Gasteiger partial charge in [-0.3, -0.25) is 10.1 Å². The minimum Gasteiger partial charge on any atom is -0.258 e. The molecule has 0 spiro atoms. The van der Waals surface area contributed by atoms with Crippen LogP contribution in [0.3, 0.4) is 0 Å². The monoisotopic (exact) mass is 222 g/mol. The summed E-state index contributed by atoms with van der Waals surface area (Å²) in [6.45, 7) is 0. The molecule has 0 amide bonds. The van der Waals surface area contributed by atoms with Crippen LogP contribution in [0.15, 0.2) is 29.2 Å². The van der Waals surface area contributed by atoms with Crippen molar-refractivity contribution in [1.82, 2.24) is 0 Å². The zero-order chi connectivity index (χ0) is 10.1. The molecule has 0 saturated heterocycles. The van der Waals surface area contributed by atoms with Gasteiger partial charge in [0.15, 0.2) is 0 Å². The van der Waals surface area contributed by atoms with Gasteiger partial charge in [0.25, 0.3) is 16.4 Å². The Morgan fingerprint density at radius 3 is 2.00 bits per heavy atom. The predicted molar refractivity (Wildman–Crippen MR) is 41.7 cm³/mol. The molecule has 5 nitrogen and oxygen atoms in total. The molecular formula is C6H5ClNO4S+. The van der Waals surface area contributed by atoms with E-state index in [-0.39, 0.29) is 10.6 Å². The summed E-state index contributed by atoms with van der Waals surface area (Å²) in [6.07, 6.45) is 0. The Bertz CT molecular complexity index is 424. The Kier molecular flexibility index (Phi) is 2.53. The Morgan fingerprint density at radius 2 is 1.69 bits per heavy atom. The maximum atomic E-state index is 10.8. The van der Waals surface area contributed by atoms with Crippen LogP contribution >= 0.6 is 0 Å². The van der Waals surface area contributed by atoms with Crippen LogP contribution < -0.4 is 0 Å². The highest BCUT2D eigenvalue weighted by molar-refractivity contribution is 7.84. The minimum atomic E-state index is -3.68. The van der Waals surface area contributed by atoms with E-state index >= 15 is 0 Å². The Morgan fingerprint density at radius 1 is 1.23 bits per heavy atom. The standard InChI is InChI=1S/C6H5ClNO4S/c7-13(11,12)6-3-1-5(2-4-6)8(9)10/h1-4,7H/q+1. The lowest BCUT2D eigenvalue weighted by atomic mass is 10.3. The van der Waals surface area contributed by atoms with E-state index in [0.717, 1.165) is 24.3 Å².